The highest BCUT2D eigenvalue weighted by Gasteiger charge is 2.13. The average molecular weight is 280 g/mol. The van der Waals surface area contributed by atoms with E-state index in [2.05, 4.69) is 24.3 Å². The highest BCUT2D eigenvalue weighted by atomic mass is 35.5. The summed E-state index contributed by atoms with van der Waals surface area (Å²) in [7, 11) is 0. The van der Waals surface area contributed by atoms with Crippen molar-refractivity contribution in [3.05, 3.63) is 35.1 Å². The van der Waals surface area contributed by atoms with Crippen molar-refractivity contribution in [2.45, 2.75) is 13.0 Å². The fourth-order valence-corrected chi connectivity index (χ4v) is 2.52. The van der Waals surface area contributed by atoms with Crippen LogP contribution in [0.2, 0.25) is 5.02 Å². The van der Waals surface area contributed by atoms with E-state index in [1.807, 2.05) is 25.1 Å². The molecule has 18 heavy (non-hydrogen) atoms. The lowest BCUT2D eigenvalue weighted by atomic mass is 10.2. The molecule has 0 aliphatic rings. The maximum Gasteiger partial charge on any atom is 0.129 e. The summed E-state index contributed by atoms with van der Waals surface area (Å²) in [5, 5.41) is 10.8. The van der Waals surface area contributed by atoms with Crippen molar-refractivity contribution in [3.63, 3.8) is 0 Å². The third kappa shape index (κ3) is 1.93. The van der Waals surface area contributed by atoms with Crippen LogP contribution in [0.5, 0.6) is 0 Å². The molecule has 3 rings (SSSR count). The van der Waals surface area contributed by atoms with Crippen LogP contribution in [-0.4, -0.2) is 18.9 Å². The van der Waals surface area contributed by atoms with E-state index in [0.717, 1.165) is 22.4 Å². The Labute approximate surface area is 113 Å². The highest BCUT2D eigenvalue weighted by molar-refractivity contribution is 7.00. The molecular weight excluding hydrogens is 270 g/mol. The van der Waals surface area contributed by atoms with E-state index in [-0.39, 0.29) is 6.04 Å². The van der Waals surface area contributed by atoms with Crippen LogP contribution < -0.4 is 5.32 Å². The van der Waals surface area contributed by atoms with Crippen molar-refractivity contribution < 1.29 is 0 Å². The van der Waals surface area contributed by atoms with Crippen molar-refractivity contribution in [2.75, 3.05) is 5.32 Å². The normalized spacial score (nSPS) is 12.8. The van der Waals surface area contributed by atoms with E-state index in [9.17, 15) is 0 Å². The summed E-state index contributed by atoms with van der Waals surface area (Å²) in [5.41, 5.74) is 3.46. The van der Waals surface area contributed by atoms with Gasteiger partial charge in [0.1, 0.15) is 11.0 Å². The van der Waals surface area contributed by atoms with Crippen molar-refractivity contribution in [1.82, 2.24) is 18.9 Å². The molecule has 1 aromatic carbocycles. The Morgan fingerprint density at radius 3 is 3.00 bits per heavy atom. The van der Waals surface area contributed by atoms with Gasteiger partial charge in [0.25, 0.3) is 0 Å². The van der Waals surface area contributed by atoms with Gasteiger partial charge in [-0.25, -0.2) is 0 Å². The first kappa shape index (κ1) is 11.4. The van der Waals surface area contributed by atoms with E-state index >= 15 is 0 Å². The van der Waals surface area contributed by atoms with Crippen LogP contribution in [0.3, 0.4) is 0 Å². The molecule has 0 spiro atoms. The van der Waals surface area contributed by atoms with Gasteiger partial charge in [-0.15, -0.1) is 0 Å². The third-order valence-corrected chi connectivity index (χ3v) is 3.58. The van der Waals surface area contributed by atoms with Crippen LogP contribution >= 0.6 is 23.3 Å². The second-order valence-electron chi connectivity index (χ2n) is 3.93. The molecule has 0 saturated heterocycles. The van der Waals surface area contributed by atoms with Gasteiger partial charge < -0.3 is 5.32 Å². The molecule has 0 amide bonds. The lowest BCUT2D eigenvalue weighted by molar-refractivity contribution is 0.827. The topological polar surface area (TPSA) is 66.5 Å². The average Bonchev–Trinajstić information content (AvgIpc) is 3.02. The van der Waals surface area contributed by atoms with Gasteiger partial charge in [-0.05, 0) is 25.1 Å². The number of anilines is 1. The SMILES string of the molecule is CC(Nc1c(Cl)ccc2nsnc12)c1ccn[nH]1. The van der Waals surface area contributed by atoms with E-state index in [0.29, 0.717) is 5.02 Å². The number of hydrogen-bond donors (Lipinski definition) is 2. The maximum atomic E-state index is 6.21. The Hall–Kier alpha value is -1.66. The summed E-state index contributed by atoms with van der Waals surface area (Å²) >= 11 is 7.40. The number of fused-ring (bicyclic) bond motifs is 1. The van der Waals surface area contributed by atoms with Gasteiger partial charge in [-0.3, -0.25) is 5.10 Å². The van der Waals surface area contributed by atoms with Crippen molar-refractivity contribution in [2.24, 2.45) is 0 Å². The predicted octanol–water partition coefficient (Wildman–Crippen LogP) is 3.24. The molecule has 0 aliphatic carbocycles. The van der Waals surface area contributed by atoms with Crippen LogP contribution in [0.25, 0.3) is 11.0 Å². The molecule has 2 N–H and O–H groups in total. The molecule has 5 nitrogen and oxygen atoms in total. The predicted molar refractivity (Wildman–Crippen MR) is 73.1 cm³/mol. The largest absolute Gasteiger partial charge is 0.374 e. The monoisotopic (exact) mass is 279 g/mol. The molecule has 2 heterocycles. The molecule has 1 atom stereocenters. The van der Waals surface area contributed by atoms with E-state index in [4.69, 9.17) is 11.6 Å². The van der Waals surface area contributed by atoms with Crippen LogP contribution in [0.4, 0.5) is 5.69 Å². The third-order valence-electron chi connectivity index (χ3n) is 2.73. The minimum atomic E-state index is 0.0669. The summed E-state index contributed by atoms with van der Waals surface area (Å²) < 4.78 is 8.47. The maximum absolute atomic E-state index is 6.21. The fraction of sp³-hybridized carbons (Fsp3) is 0.182. The van der Waals surface area contributed by atoms with Gasteiger partial charge in [-0.2, -0.15) is 13.8 Å². The highest BCUT2D eigenvalue weighted by Crippen LogP contribution is 2.32. The van der Waals surface area contributed by atoms with Gasteiger partial charge in [0, 0.05) is 6.20 Å². The molecule has 1 unspecified atom stereocenters. The molecule has 0 aliphatic heterocycles. The smallest absolute Gasteiger partial charge is 0.129 e. The molecule has 2 aromatic heterocycles. The summed E-state index contributed by atoms with van der Waals surface area (Å²) in [6.07, 6.45) is 1.72. The first-order valence-corrected chi connectivity index (χ1v) is 6.53. The second-order valence-corrected chi connectivity index (χ2v) is 4.87. The zero-order valence-electron chi connectivity index (χ0n) is 9.51. The molecule has 0 bridgehead atoms. The summed E-state index contributed by atoms with van der Waals surface area (Å²) in [4.78, 5) is 0. The van der Waals surface area contributed by atoms with E-state index in [1.54, 1.807) is 6.20 Å². The zero-order valence-corrected chi connectivity index (χ0v) is 11.1. The van der Waals surface area contributed by atoms with Crippen molar-refractivity contribution in [3.8, 4) is 0 Å². The number of nitrogens with zero attached hydrogens (tertiary/aromatic N) is 3. The minimum Gasteiger partial charge on any atom is -0.374 e. The van der Waals surface area contributed by atoms with Gasteiger partial charge in [-0.1, -0.05) is 11.6 Å². The number of nitrogens with one attached hydrogen (secondary N) is 2. The van der Waals surface area contributed by atoms with Crippen molar-refractivity contribution in [1.29, 1.82) is 0 Å². The van der Waals surface area contributed by atoms with E-state index in [1.165, 1.54) is 11.7 Å². The molecular formula is C11H10ClN5S. The van der Waals surface area contributed by atoms with Gasteiger partial charge in [0.05, 0.1) is 34.2 Å². The number of aromatic nitrogens is 4. The van der Waals surface area contributed by atoms with Crippen LogP contribution in [0.1, 0.15) is 18.7 Å². The Morgan fingerprint density at radius 1 is 1.33 bits per heavy atom. The van der Waals surface area contributed by atoms with Crippen LogP contribution in [0, 0.1) is 0 Å². The fourth-order valence-electron chi connectivity index (χ4n) is 1.77. The van der Waals surface area contributed by atoms with Gasteiger partial charge >= 0.3 is 0 Å². The first-order valence-electron chi connectivity index (χ1n) is 5.42. The standard InChI is InChI=1S/C11H10ClN5S/c1-6(8-4-5-13-15-8)14-10-7(12)2-3-9-11(10)17-18-16-9/h2-6,14H,1H3,(H,13,15). The van der Waals surface area contributed by atoms with Crippen LogP contribution in [0.15, 0.2) is 24.4 Å². The molecule has 92 valence electrons. The van der Waals surface area contributed by atoms with Crippen molar-refractivity contribution >= 4 is 40.0 Å². The Balaban J connectivity index is 1.99. The quantitative estimate of drug-likeness (QED) is 0.772. The molecule has 0 saturated carbocycles. The molecule has 0 fully saturated rings. The minimum absolute atomic E-state index is 0.0669. The number of aromatic amines is 1. The number of benzene rings is 1. The Bertz CT molecular complexity index is 663. The second kappa shape index (κ2) is 4.55. The number of hydrogen-bond acceptors (Lipinski definition) is 5. The molecule has 3 aromatic rings. The Kier molecular flexibility index (Phi) is 2.89. The summed E-state index contributed by atoms with van der Waals surface area (Å²) in [6.45, 7) is 2.03. The van der Waals surface area contributed by atoms with Gasteiger partial charge in [0.2, 0.25) is 0 Å². The molecule has 7 heteroatoms. The zero-order chi connectivity index (χ0) is 12.5. The number of halogens is 1. The van der Waals surface area contributed by atoms with E-state index < -0.39 is 0 Å². The lowest BCUT2D eigenvalue weighted by Crippen LogP contribution is -2.08. The summed E-state index contributed by atoms with van der Waals surface area (Å²) in [5.74, 6) is 0. The van der Waals surface area contributed by atoms with Crippen LogP contribution in [-0.2, 0) is 0 Å². The molecule has 0 radical (unpaired) electrons. The van der Waals surface area contributed by atoms with Gasteiger partial charge in [0.15, 0.2) is 0 Å². The number of rotatable bonds is 3. The Morgan fingerprint density at radius 2 is 2.22 bits per heavy atom. The first-order chi connectivity index (χ1) is 8.75. The lowest BCUT2D eigenvalue weighted by Gasteiger charge is -2.14. The summed E-state index contributed by atoms with van der Waals surface area (Å²) in [6, 6.07) is 5.68. The number of H-pyrrole nitrogens is 1.